The summed E-state index contributed by atoms with van der Waals surface area (Å²) < 4.78 is 23.1. The molecule has 0 atom stereocenters. The Hall–Kier alpha value is -1.20. The fourth-order valence-electron chi connectivity index (χ4n) is 2.09. The molecule has 0 N–H and O–H groups in total. The maximum atomic E-state index is 6.08. The molecular formula is C15H23BO4. The highest BCUT2D eigenvalue weighted by molar-refractivity contribution is 6.63. The predicted molar refractivity (Wildman–Crippen MR) is 79.9 cm³/mol. The van der Waals surface area contributed by atoms with Gasteiger partial charge < -0.3 is 18.8 Å². The van der Waals surface area contributed by atoms with Crippen molar-refractivity contribution in [1.82, 2.24) is 0 Å². The monoisotopic (exact) mass is 278 g/mol. The molecule has 110 valence electrons. The molecular weight excluding hydrogens is 255 g/mol. The Kier molecular flexibility index (Phi) is 4.03. The maximum Gasteiger partial charge on any atom is 0.498 e. The van der Waals surface area contributed by atoms with Gasteiger partial charge in [-0.15, -0.1) is 0 Å². The highest BCUT2D eigenvalue weighted by atomic mass is 16.7. The summed E-state index contributed by atoms with van der Waals surface area (Å²) in [5, 5.41) is 0. The first-order chi connectivity index (χ1) is 9.30. The van der Waals surface area contributed by atoms with Crippen LogP contribution in [0.2, 0.25) is 0 Å². The number of methoxy groups -OCH3 is 1. The van der Waals surface area contributed by atoms with Crippen LogP contribution in [0.5, 0.6) is 11.5 Å². The Morgan fingerprint density at radius 1 is 1.10 bits per heavy atom. The van der Waals surface area contributed by atoms with Crippen molar-refractivity contribution in [2.45, 2.75) is 45.8 Å². The van der Waals surface area contributed by atoms with Crippen LogP contribution >= 0.6 is 0 Å². The van der Waals surface area contributed by atoms with Crippen LogP contribution in [-0.2, 0) is 9.31 Å². The van der Waals surface area contributed by atoms with E-state index in [1.807, 2.05) is 52.8 Å². The van der Waals surface area contributed by atoms with E-state index in [4.69, 9.17) is 18.8 Å². The van der Waals surface area contributed by atoms with Crippen molar-refractivity contribution in [2.75, 3.05) is 13.7 Å². The van der Waals surface area contributed by atoms with Gasteiger partial charge in [-0.25, -0.2) is 0 Å². The van der Waals surface area contributed by atoms with E-state index >= 15 is 0 Å². The molecule has 0 aliphatic carbocycles. The van der Waals surface area contributed by atoms with Crippen LogP contribution < -0.4 is 14.9 Å². The zero-order valence-corrected chi connectivity index (χ0v) is 13.1. The van der Waals surface area contributed by atoms with Crippen molar-refractivity contribution in [3.63, 3.8) is 0 Å². The molecule has 1 aliphatic heterocycles. The number of ether oxygens (including phenoxy) is 2. The van der Waals surface area contributed by atoms with Crippen molar-refractivity contribution in [3.05, 3.63) is 18.2 Å². The van der Waals surface area contributed by atoms with Gasteiger partial charge in [-0.2, -0.15) is 0 Å². The molecule has 1 aliphatic rings. The molecule has 0 bridgehead atoms. The lowest BCUT2D eigenvalue weighted by atomic mass is 9.78. The van der Waals surface area contributed by atoms with Crippen molar-refractivity contribution < 1.29 is 18.8 Å². The SMILES string of the molecule is CCOc1ccc(OC)cc1B1OC(C)(C)C(C)(C)O1. The molecule has 0 radical (unpaired) electrons. The predicted octanol–water partition coefficient (Wildman–Crippen LogP) is 2.39. The van der Waals surface area contributed by atoms with Gasteiger partial charge in [-0.05, 0) is 52.8 Å². The smallest absolute Gasteiger partial charge is 0.497 e. The molecule has 2 rings (SSSR count). The summed E-state index contributed by atoms with van der Waals surface area (Å²) >= 11 is 0. The molecule has 0 saturated carbocycles. The quantitative estimate of drug-likeness (QED) is 0.792. The van der Waals surface area contributed by atoms with E-state index in [2.05, 4.69) is 0 Å². The van der Waals surface area contributed by atoms with Crippen LogP contribution in [0.25, 0.3) is 0 Å². The second-order valence-corrected chi connectivity index (χ2v) is 5.93. The van der Waals surface area contributed by atoms with Crippen LogP contribution in [0.4, 0.5) is 0 Å². The van der Waals surface area contributed by atoms with Crippen molar-refractivity contribution in [2.24, 2.45) is 0 Å². The van der Waals surface area contributed by atoms with Gasteiger partial charge in [0.25, 0.3) is 0 Å². The first-order valence-corrected chi connectivity index (χ1v) is 6.97. The summed E-state index contributed by atoms with van der Waals surface area (Å²) in [6.45, 7) is 10.7. The summed E-state index contributed by atoms with van der Waals surface area (Å²) in [7, 11) is 1.20. The van der Waals surface area contributed by atoms with Gasteiger partial charge in [0.15, 0.2) is 0 Å². The van der Waals surface area contributed by atoms with Gasteiger partial charge >= 0.3 is 7.12 Å². The van der Waals surface area contributed by atoms with Gasteiger partial charge in [0, 0.05) is 5.46 Å². The lowest BCUT2D eigenvalue weighted by molar-refractivity contribution is 0.00578. The van der Waals surface area contributed by atoms with Crippen molar-refractivity contribution in [3.8, 4) is 11.5 Å². The third-order valence-electron chi connectivity index (χ3n) is 4.02. The minimum absolute atomic E-state index is 0.371. The minimum atomic E-state index is -0.448. The molecule has 1 aromatic carbocycles. The molecule has 20 heavy (non-hydrogen) atoms. The van der Waals surface area contributed by atoms with E-state index < -0.39 is 7.12 Å². The molecule has 5 heteroatoms. The molecule has 0 spiro atoms. The standard InChI is InChI=1S/C15H23BO4/c1-7-18-13-9-8-11(17-6)10-12(13)16-19-14(2,3)15(4,5)20-16/h8-10H,7H2,1-6H3. The fraction of sp³-hybridized carbons (Fsp3) is 0.600. The molecule has 1 aromatic rings. The summed E-state index contributed by atoms with van der Waals surface area (Å²) in [6, 6.07) is 5.68. The zero-order valence-electron chi connectivity index (χ0n) is 13.1. The third kappa shape index (κ3) is 2.65. The van der Waals surface area contributed by atoms with E-state index in [0.717, 1.165) is 17.0 Å². The second kappa shape index (κ2) is 5.30. The summed E-state index contributed by atoms with van der Waals surface area (Å²) in [4.78, 5) is 0. The number of rotatable bonds is 4. The van der Waals surface area contributed by atoms with E-state index in [-0.39, 0.29) is 11.2 Å². The number of hydrogen-bond donors (Lipinski definition) is 0. The van der Waals surface area contributed by atoms with Crippen LogP contribution in [0.3, 0.4) is 0 Å². The molecule has 1 fully saturated rings. The summed E-state index contributed by atoms with van der Waals surface area (Å²) in [5.74, 6) is 1.53. The maximum absolute atomic E-state index is 6.08. The average molecular weight is 278 g/mol. The third-order valence-corrected chi connectivity index (χ3v) is 4.02. The lowest BCUT2D eigenvalue weighted by Crippen LogP contribution is -2.41. The molecule has 0 amide bonds. The van der Waals surface area contributed by atoms with E-state index in [0.29, 0.717) is 6.61 Å². The first kappa shape index (κ1) is 15.2. The number of hydrogen-bond acceptors (Lipinski definition) is 4. The fourth-order valence-corrected chi connectivity index (χ4v) is 2.09. The van der Waals surface area contributed by atoms with Crippen LogP contribution in [-0.4, -0.2) is 32.0 Å². The van der Waals surface area contributed by atoms with Gasteiger partial charge in [-0.3, -0.25) is 0 Å². The largest absolute Gasteiger partial charge is 0.498 e. The van der Waals surface area contributed by atoms with E-state index in [1.54, 1.807) is 7.11 Å². The number of benzene rings is 1. The minimum Gasteiger partial charge on any atom is -0.497 e. The van der Waals surface area contributed by atoms with Crippen LogP contribution in [0, 0.1) is 0 Å². The molecule has 1 saturated heterocycles. The van der Waals surface area contributed by atoms with Crippen LogP contribution in [0.15, 0.2) is 18.2 Å². The Balaban J connectivity index is 2.37. The first-order valence-electron chi connectivity index (χ1n) is 6.97. The lowest BCUT2D eigenvalue weighted by Gasteiger charge is -2.32. The van der Waals surface area contributed by atoms with Crippen molar-refractivity contribution >= 4 is 12.6 Å². The van der Waals surface area contributed by atoms with Crippen LogP contribution in [0.1, 0.15) is 34.6 Å². The van der Waals surface area contributed by atoms with Gasteiger partial charge in [0.05, 0.1) is 24.9 Å². The summed E-state index contributed by atoms with van der Waals surface area (Å²) in [5.41, 5.74) is 0.124. The highest BCUT2D eigenvalue weighted by Gasteiger charge is 2.52. The Labute approximate surface area is 121 Å². The second-order valence-electron chi connectivity index (χ2n) is 5.93. The van der Waals surface area contributed by atoms with Crippen molar-refractivity contribution in [1.29, 1.82) is 0 Å². The average Bonchev–Trinajstić information content (AvgIpc) is 2.59. The normalized spacial score (nSPS) is 20.0. The van der Waals surface area contributed by atoms with Gasteiger partial charge in [-0.1, -0.05) is 0 Å². The van der Waals surface area contributed by atoms with Gasteiger partial charge in [0.1, 0.15) is 11.5 Å². The topological polar surface area (TPSA) is 36.9 Å². The zero-order chi connectivity index (χ0) is 15.0. The Morgan fingerprint density at radius 3 is 2.20 bits per heavy atom. The molecule has 0 unspecified atom stereocenters. The Morgan fingerprint density at radius 2 is 1.70 bits per heavy atom. The summed E-state index contributed by atoms with van der Waals surface area (Å²) in [6.07, 6.45) is 0. The molecule has 0 aromatic heterocycles. The van der Waals surface area contributed by atoms with E-state index in [9.17, 15) is 0 Å². The van der Waals surface area contributed by atoms with Gasteiger partial charge in [0.2, 0.25) is 0 Å². The van der Waals surface area contributed by atoms with E-state index in [1.165, 1.54) is 0 Å². The Bertz CT molecular complexity index is 469. The molecule has 4 nitrogen and oxygen atoms in total. The highest BCUT2D eigenvalue weighted by Crippen LogP contribution is 2.37. The molecule has 1 heterocycles.